The summed E-state index contributed by atoms with van der Waals surface area (Å²) in [6.45, 7) is 4.02. The molecule has 0 aliphatic heterocycles. The summed E-state index contributed by atoms with van der Waals surface area (Å²) in [6.07, 6.45) is 3.72. The highest BCUT2D eigenvalue weighted by Crippen LogP contribution is 2.28. The van der Waals surface area contributed by atoms with Gasteiger partial charge in [-0.25, -0.2) is 0 Å². The fraction of sp³-hybridized carbons (Fsp3) is 1.00. The molecule has 1 aliphatic carbocycles. The first-order chi connectivity index (χ1) is 5.83. The molecule has 0 spiro atoms. The third kappa shape index (κ3) is 2.44. The van der Waals surface area contributed by atoms with Crippen LogP contribution >= 0.6 is 0 Å². The highest BCUT2D eigenvalue weighted by atomic mass is 16.3. The minimum absolute atomic E-state index is 0.192. The van der Waals surface area contributed by atoms with E-state index in [1.165, 1.54) is 12.8 Å². The van der Waals surface area contributed by atoms with Gasteiger partial charge in [-0.15, -0.1) is 0 Å². The minimum atomic E-state index is 0.192. The van der Waals surface area contributed by atoms with Gasteiger partial charge in [-0.3, -0.25) is 4.90 Å². The van der Waals surface area contributed by atoms with Crippen LogP contribution in [-0.2, 0) is 0 Å². The molecule has 0 radical (unpaired) electrons. The van der Waals surface area contributed by atoms with Gasteiger partial charge >= 0.3 is 0 Å². The van der Waals surface area contributed by atoms with Crippen LogP contribution in [0.15, 0.2) is 0 Å². The molecule has 72 valence electrons. The van der Waals surface area contributed by atoms with E-state index in [9.17, 15) is 0 Å². The van der Waals surface area contributed by atoms with Gasteiger partial charge in [-0.1, -0.05) is 6.92 Å². The minimum Gasteiger partial charge on any atom is -0.395 e. The van der Waals surface area contributed by atoms with Crippen LogP contribution in [0.1, 0.15) is 26.2 Å². The average Bonchev–Trinajstić information content (AvgIpc) is 2.88. The molecular formula is C9H20N2O. The van der Waals surface area contributed by atoms with Gasteiger partial charge in [0.2, 0.25) is 0 Å². The lowest BCUT2D eigenvalue weighted by atomic mass is 10.2. The first-order valence-electron chi connectivity index (χ1n) is 4.90. The maximum atomic E-state index is 9.08. The molecule has 0 aromatic heterocycles. The quantitative estimate of drug-likeness (QED) is 0.601. The molecule has 0 saturated heterocycles. The van der Waals surface area contributed by atoms with Crippen molar-refractivity contribution in [3.8, 4) is 0 Å². The molecule has 0 heterocycles. The summed E-state index contributed by atoms with van der Waals surface area (Å²) >= 11 is 0. The Balaban J connectivity index is 2.38. The van der Waals surface area contributed by atoms with Gasteiger partial charge < -0.3 is 10.8 Å². The van der Waals surface area contributed by atoms with Crippen molar-refractivity contribution in [2.75, 3.05) is 19.7 Å². The molecule has 3 heteroatoms. The van der Waals surface area contributed by atoms with E-state index >= 15 is 0 Å². The maximum absolute atomic E-state index is 9.08. The number of hydrogen-bond acceptors (Lipinski definition) is 3. The fourth-order valence-electron chi connectivity index (χ4n) is 1.64. The first kappa shape index (κ1) is 9.96. The second-order valence-corrected chi connectivity index (χ2v) is 3.54. The maximum Gasteiger partial charge on any atom is 0.0599 e. The van der Waals surface area contributed by atoms with Crippen LogP contribution in [-0.4, -0.2) is 41.8 Å². The monoisotopic (exact) mass is 172 g/mol. The highest BCUT2D eigenvalue weighted by Gasteiger charge is 2.32. The third-order valence-electron chi connectivity index (χ3n) is 2.45. The van der Waals surface area contributed by atoms with Crippen molar-refractivity contribution >= 4 is 0 Å². The molecule has 1 rings (SSSR count). The molecular weight excluding hydrogens is 152 g/mol. The second-order valence-electron chi connectivity index (χ2n) is 3.54. The summed E-state index contributed by atoms with van der Waals surface area (Å²) < 4.78 is 0. The van der Waals surface area contributed by atoms with Crippen molar-refractivity contribution in [2.45, 2.75) is 38.3 Å². The molecule has 0 aromatic carbocycles. The van der Waals surface area contributed by atoms with Crippen LogP contribution in [0.5, 0.6) is 0 Å². The molecule has 3 nitrogen and oxygen atoms in total. The summed E-state index contributed by atoms with van der Waals surface area (Å²) in [5.74, 6) is 0. The topological polar surface area (TPSA) is 49.5 Å². The lowest BCUT2D eigenvalue weighted by Gasteiger charge is -2.29. The lowest BCUT2D eigenvalue weighted by Crippen LogP contribution is -2.44. The fourth-order valence-corrected chi connectivity index (χ4v) is 1.64. The van der Waals surface area contributed by atoms with Gasteiger partial charge in [-0.05, 0) is 25.8 Å². The molecule has 3 N–H and O–H groups in total. The van der Waals surface area contributed by atoms with Crippen molar-refractivity contribution in [1.82, 2.24) is 4.90 Å². The van der Waals surface area contributed by atoms with Gasteiger partial charge in [-0.2, -0.15) is 0 Å². The molecule has 0 aromatic rings. The SMILES string of the molecule is CCCN(C(CN)CO)C1CC1. The van der Waals surface area contributed by atoms with Gasteiger partial charge in [0.05, 0.1) is 6.61 Å². The standard InChI is InChI=1S/C9H20N2O/c1-2-5-11(8-3-4-8)9(6-10)7-12/h8-9,12H,2-7,10H2,1H3. The number of aliphatic hydroxyl groups excluding tert-OH is 1. The Morgan fingerprint density at radius 3 is 2.58 bits per heavy atom. The van der Waals surface area contributed by atoms with Gasteiger partial charge in [0, 0.05) is 18.6 Å². The van der Waals surface area contributed by atoms with Crippen molar-refractivity contribution in [3.63, 3.8) is 0 Å². The van der Waals surface area contributed by atoms with E-state index in [1.54, 1.807) is 0 Å². The Kier molecular flexibility index (Phi) is 3.98. The number of rotatable bonds is 6. The number of hydrogen-bond donors (Lipinski definition) is 2. The van der Waals surface area contributed by atoms with Crippen LogP contribution in [0.4, 0.5) is 0 Å². The molecule has 1 aliphatic rings. The zero-order valence-electron chi connectivity index (χ0n) is 7.87. The summed E-state index contributed by atoms with van der Waals surface area (Å²) in [6, 6.07) is 0.906. The smallest absolute Gasteiger partial charge is 0.0599 e. The Hall–Kier alpha value is -0.120. The molecule has 12 heavy (non-hydrogen) atoms. The average molecular weight is 172 g/mol. The highest BCUT2D eigenvalue weighted by molar-refractivity contribution is 4.88. The first-order valence-corrected chi connectivity index (χ1v) is 4.90. The zero-order chi connectivity index (χ0) is 8.97. The van der Waals surface area contributed by atoms with Crippen molar-refractivity contribution in [3.05, 3.63) is 0 Å². The van der Waals surface area contributed by atoms with Gasteiger partial charge in [0.15, 0.2) is 0 Å². The van der Waals surface area contributed by atoms with Crippen LogP contribution in [0.2, 0.25) is 0 Å². The van der Waals surface area contributed by atoms with Crippen molar-refractivity contribution < 1.29 is 5.11 Å². The Bertz CT molecular complexity index is 122. The van der Waals surface area contributed by atoms with Crippen LogP contribution in [0.3, 0.4) is 0 Å². The zero-order valence-corrected chi connectivity index (χ0v) is 7.87. The van der Waals surface area contributed by atoms with E-state index in [0.29, 0.717) is 12.6 Å². The summed E-state index contributed by atoms with van der Waals surface area (Å²) in [7, 11) is 0. The van der Waals surface area contributed by atoms with E-state index in [1.807, 2.05) is 0 Å². The third-order valence-corrected chi connectivity index (χ3v) is 2.45. The van der Waals surface area contributed by atoms with E-state index < -0.39 is 0 Å². The van der Waals surface area contributed by atoms with Crippen LogP contribution < -0.4 is 5.73 Å². The molecule has 1 saturated carbocycles. The predicted molar refractivity (Wildman–Crippen MR) is 49.9 cm³/mol. The summed E-state index contributed by atoms with van der Waals surface area (Å²) in [5.41, 5.74) is 5.58. The molecule has 1 atom stereocenters. The van der Waals surface area contributed by atoms with E-state index in [4.69, 9.17) is 10.8 Å². The van der Waals surface area contributed by atoms with Gasteiger partial charge in [0.1, 0.15) is 0 Å². The van der Waals surface area contributed by atoms with Crippen LogP contribution in [0, 0.1) is 0 Å². The van der Waals surface area contributed by atoms with Gasteiger partial charge in [0.25, 0.3) is 0 Å². The Labute approximate surface area is 74.5 Å². The molecule has 1 fully saturated rings. The summed E-state index contributed by atoms with van der Waals surface area (Å²) in [4.78, 5) is 2.36. The Morgan fingerprint density at radius 1 is 1.58 bits per heavy atom. The number of nitrogens with two attached hydrogens (primary N) is 1. The molecule has 1 unspecified atom stereocenters. The lowest BCUT2D eigenvalue weighted by molar-refractivity contribution is 0.120. The van der Waals surface area contributed by atoms with Crippen molar-refractivity contribution in [1.29, 1.82) is 0 Å². The molecule has 0 bridgehead atoms. The summed E-state index contributed by atoms with van der Waals surface area (Å²) in [5, 5.41) is 9.08. The number of aliphatic hydroxyl groups is 1. The van der Waals surface area contributed by atoms with E-state index in [2.05, 4.69) is 11.8 Å². The normalized spacial score (nSPS) is 20.0. The Morgan fingerprint density at radius 2 is 2.25 bits per heavy atom. The van der Waals surface area contributed by atoms with E-state index in [-0.39, 0.29) is 12.6 Å². The molecule has 0 amide bonds. The number of nitrogens with zero attached hydrogens (tertiary/aromatic N) is 1. The van der Waals surface area contributed by atoms with E-state index in [0.717, 1.165) is 13.0 Å². The van der Waals surface area contributed by atoms with Crippen molar-refractivity contribution in [2.24, 2.45) is 5.73 Å². The predicted octanol–water partition coefficient (Wildman–Crippen LogP) is 0.180. The van der Waals surface area contributed by atoms with Crippen LogP contribution in [0.25, 0.3) is 0 Å². The second kappa shape index (κ2) is 4.80. The largest absolute Gasteiger partial charge is 0.395 e.